The lowest BCUT2D eigenvalue weighted by Crippen LogP contribution is -2.35. The van der Waals surface area contributed by atoms with Crippen LogP contribution in [0.1, 0.15) is 51.4 Å². The summed E-state index contributed by atoms with van der Waals surface area (Å²) in [6, 6.07) is 0.784. The molecule has 0 aromatic carbocycles. The van der Waals surface area contributed by atoms with Crippen LogP contribution in [-0.4, -0.2) is 22.4 Å². The maximum absolute atomic E-state index is 4.60. The maximum Gasteiger partial charge on any atom is 0.0766 e. The van der Waals surface area contributed by atoms with Crippen LogP contribution in [-0.2, 0) is 19.9 Å². The van der Waals surface area contributed by atoms with Crippen molar-refractivity contribution in [3.63, 3.8) is 0 Å². The number of nitrogens with zero attached hydrogens (tertiary/aromatic N) is 2. The second-order valence-electron chi connectivity index (χ2n) is 6.18. The third-order valence-corrected chi connectivity index (χ3v) is 5.26. The standard InChI is InChI=1S/C15H26BrN3/c1-5-12-14(16)13(19(4)18-12)9-15(3,6-2)10-17-11-7-8-11/h11,17H,5-10H2,1-4H3. The van der Waals surface area contributed by atoms with Gasteiger partial charge in [0.25, 0.3) is 0 Å². The minimum absolute atomic E-state index is 0.309. The highest BCUT2D eigenvalue weighted by atomic mass is 79.9. The fraction of sp³-hybridized carbons (Fsp3) is 0.800. The van der Waals surface area contributed by atoms with E-state index in [2.05, 4.69) is 54.2 Å². The Morgan fingerprint density at radius 1 is 1.42 bits per heavy atom. The molecule has 0 spiro atoms. The maximum atomic E-state index is 4.60. The van der Waals surface area contributed by atoms with Gasteiger partial charge in [0.1, 0.15) is 0 Å². The van der Waals surface area contributed by atoms with Gasteiger partial charge in [0.15, 0.2) is 0 Å². The molecule has 1 aromatic heterocycles. The molecule has 0 bridgehead atoms. The van der Waals surface area contributed by atoms with Crippen LogP contribution in [0.2, 0.25) is 0 Å². The fourth-order valence-corrected chi connectivity index (χ4v) is 3.16. The zero-order valence-electron chi connectivity index (χ0n) is 12.6. The van der Waals surface area contributed by atoms with Gasteiger partial charge in [-0.15, -0.1) is 0 Å². The summed E-state index contributed by atoms with van der Waals surface area (Å²) in [5.41, 5.74) is 2.81. The van der Waals surface area contributed by atoms with E-state index in [4.69, 9.17) is 0 Å². The quantitative estimate of drug-likeness (QED) is 0.831. The molecule has 108 valence electrons. The summed E-state index contributed by atoms with van der Waals surface area (Å²) in [7, 11) is 2.06. The van der Waals surface area contributed by atoms with Crippen LogP contribution in [0.4, 0.5) is 0 Å². The fourth-order valence-electron chi connectivity index (χ4n) is 2.41. The lowest BCUT2D eigenvalue weighted by molar-refractivity contribution is 0.282. The van der Waals surface area contributed by atoms with Gasteiger partial charge in [0.05, 0.1) is 15.9 Å². The van der Waals surface area contributed by atoms with Gasteiger partial charge < -0.3 is 5.32 Å². The molecule has 1 unspecified atom stereocenters. The molecule has 1 fully saturated rings. The number of hydrogen-bond acceptors (Lipinski definition) is 2. The molecule has 19 heavy (non-hydrogen) atoms. The molecule has 1 aromatic rings. The summed E-state index contributed by atoms with van der Waals surface area (Å²) >= 11 is 3.73. The van der Waals surface area contributed by atoms with Crippen LogP contribution < -0.4 is 5.32 Å². The first kappa shape index (κ1) is 15.0. The third kappa shape index (κ3) is 3.60. The monoisotopic (exact) mass is 327 g/mol. The molecule has 0 radical (unpaired) electrons. The summed E-state index contributed by atoms with van der Waals surface area (Å²) in [5, 5.41) is 8.29. The highest BCUT2D eigenvalue weighted by Crippen LogP contribution is 2.32. The molecule has 4 heteroatoms. The Morgan fingerprint density at radius 2 is 2.11 bits per heavy atom. The second-order valence-corrected chi connectivity index (χ2v) is 6.97. The van der Waals surface area contributed by atoms with Crippen LogP contribution >= 0.6 is 15.9 Å². The number of hydrogen-bond donors (Lipinski definition) is 1. The molecule has 0 aliphatic heterocycles. The summed E-state index contributed by atoms with van der Waals surface area (Å²) in [5.74, 6) is 0. The van der Waals surface area contributed by atoms with Crippen molar-refractivity contribution in [2.75, 3.05) is 6.54 Å². The van der Waals surface area contributed by atoms with E-state index in [-0.39, 0.29) is 0 Å². The van der Waals surface area contributed by atoms with E-state index in [1.165, 1.54) is 35.1 Å². The van der Waals surface area contributed by atoms with Crippen LogP contribution in [0.3, 0.4) is 0 Å². The van der Waals surface area contributed by atoms with Gasteiger partial charge >= 0.3 is 0 Å². The Hall–Kier alpha value is -0.350. The van der Waals surface area contributed by atoms with Gasteiger partial charge in [0.2, 0.25) is 0 Å². The predicted octanol–water partition coefficient (Wildman–Crippen LogP) is 3.46. The van der Waals surface area contributed by atoms with Crippen molar-refractivity contribution >= 4 is 15.9 Å². The van der Waals surface area contributed by atoms with Crippen molar-refractivity contribution in [3.05, 3.63) is 15.9 Å². The Bertz CT molecular complexity index is 437. The highest BCUT2D eigenvalue weighted by molar-refractivity contribution is 9.10. The Kier molecular flexibility index (Phi) is 4.72. The van der Waals surface area contributed by atoms with Crippen LogP contribution in [0, 0.1) is 5.41 Å². The topological polar surface area (TPSA) is 29.9 Å². The van der Waals surface area contributed by atoms with Crippen molar-refractivity contribution in [1.82, 2.24) is 15.1 Å². The van der Waals surface area contributed by atoms with Crippen molar-refractivity contribution in [2.45, 2.75) is 58.9 Å². The van der Waals surface area contributed by atoms with Crippen molar-refractivity contribution < 1.29 is 0 Å². The van der Waals surface area contributed by atoms with E-state index in [1.54, 1.807) is 0 Å². The molecular weight excluding hydrogens is 302 g/mol. The zero-order valence-corrected chi connectivity index (χ0v) is 14.2. The first-order valence-electron chi connectivity index (χ1n) is 7.42. The molecule has 1 saturated carbocycles. The minimum atomic E-state index is 0.309. The minimum Gasteiger partial charge on any atom is -0.313 e. The smallest absolute Gasteiger partial charge is 0.0766 e. The number of nitrogens with one attached hydrogen (secondary N) is 1. The molecule has 1 atom stereocenters. The van der Waals surface area contributed by atoms with E-state index in [1.807, 2.05) is 4.68 Å². The lowest BCUT2D eigenvalue weighted by atomic mass is 9.82. The van der Waals surface area contributed by atoms with E-state index in [9.17, 15) is 0 Å². The summed E-state index contributed by atoms with van der Waals surface area (Å²) < 4.78 is 3.26. The molecule has 3 nitrogen and oxygen atoms in total. The Balaban J connectivity index is 2.09. The molecule has 1 aliphatic carbocycles. The van der Waals surface area contributed by atoms with E-state index < -0.39 is 0 Å². The van der Waals surface area contributed by atoms with Gasteiger partial charge in [-0.2, -0.15) is 5.10 Å². The molecular formula is C15H26BrN3. The van der Waals surface area contributed by atoms with Crippen LogP contribution in [0.15, 0.2) is 4.47 Å². The summed E-state index contributed by atoms with van der Waals surface area (Å²) in [4.78, 5) is 0. The predicted molar refractivity (Wildman–Crippen MR) is 83.4 cm³/mol. The highest BCUT2D eigenvalue weighted by Gasteiger charge is 2.29. The van der Waals surface area contributed by atoms with Crippen LogP contribution in [0.5, 0.6) is 0 Å². The van der Waals surface area contributed by atoms with Crippen molar-refractivity contribution in [3.8, 4) is 0 Å². The summed E-state index contributed by atoms with van der Waals surface area (Å²) in [6.45, 7) is 7.94. The SMILES string of the molecule is CCc1nn(C)c(CC(C)(CC)CNC2CC2)c1Br. The number of rotatable bonds is 7. The van der Waals surface area contributed by atoms with Gasteiger partial charge in [0, 0.05) is 19.6 Å². The third-order valence-electron chi connectivity index (χ3n) is 4.35. The largest absolute Gasteiger partial charge is 0.313 e. The number of halogens is 1. The van der Waals surface area contributed by atoms with Crippen LogP contribution in [0.25, 0.3) is 0 Å². The average Bonchev–Trinajstić information content (AvgIpc) is 3.19. The van der Waals surface area contributed by atoms with E-state index in [0.717, 1.165) is 25.4 Å². The Labute approximate surface area is 125 Å². The first-order chi connectivity index (χ1) is 8.99. The normalized spacial score (nSPS) is 18.6. The van der Waals surface area contributed by atoms with E-state index in [0.29, 0.717) is 5.41 Å². The van der Waals surface area contributed by atoms with Gasteiger partial charge in [-0.1, -0.05) is 20.8 Å². The van der Waals surface area contributed by atoms with Gasteiger partial charge in [-0.25, -0.2) is 0 Å². The molecule has 0 saturated heterocycles. The molecule has 1 N–H and O–H groups in total. The molecule has 1 heterocycles. The molecule has 1 aliphatic rings. The van der Waals surface area contributed by atoms with Gasteiger partial charge in [-0.05, 0) is 53.4 Å². The Morgan fingerprint density at radius 3 is 2.58 bits per heavy atom. The molecule has 2 rings (SSSR count). The second kappa shape index (κ2) is 5.96. The van der Waals surface area contributed by atoms with Gasteiger partial charge in [-0.3, -0.25) is 4.68 Å². The van der Waals surface area contributed by atoms with Crippen molar-refractivity contribution in [2.24, 2.45) is 12.5 Å². The zero-order chi connectivity index (χ0) is 14.0. The first-order valence-corrected chi connectivity index (χ1v) is 8.22. The van der Waals surface area contributed by atoms with Crippen molar-refractivity contribution in [1.29, 1.82) is 0 Å². The summed E-state index contributed by atoms with van der Waals surface area (Å²) in [6.07, 6.45) is 5.96. The van der Waals surface area contributed by atoms with E-state index >= 15 is 0 Å². The molecule has 0 amide bonds. The lowest BCUT2D eigenvalue weighted by Gasteiger charge is -2.29. The number of aryl methyl sites for hydroxylation is 2. The average molecular weight is 328 g/mol. The number of aromatic nitrogens is 2.